The number of pyridine rings is 1. The third-order valence-corrected chi connectivity index (χ3v) is 4.73. The summed E-state index contributed by atoms with van der Waals surface area (Å²) in [6, 6.07) is 24.7. The molecular formula is C25H30N2O. The minimum absolute atomic E-state index is 0.0875. The van der Waals surface area contributed by atoms with Crippen LogP contribution in [0.2, 0.25) is 0 Å². The van der Waals surface area contributed by atoms with Crippen molar-refractivity contribution < 1.29 is 4.74 Å². The maximum atomic E-state index is 6.20. The Labute approximate surface area is 168 Å². The van der Waals surface area contributed by atoms with Crippen molar-refractivity contribution >= 4 is 0 Å². The van der Waals surface area contributed by atoms with E-state index in [1.54, 1.807) is 0 Å². The van der Waals surface area contributed by atoms with E-state index in [0.29, 0.717) is 5.88 Å². The molecule has 3 heteroatoms. The van der Waals surface area contributed by atoms with Gasteiger partial charge < -0.3 is 10.5 Å². The molecule has 1 heterocycles. The number of nitrogens with zero attached hydrogens (tertiary/aromatic N) is 1. The molecule has 0 fully saturated rings. The second-order valence-electron chi connectivity index (χ2n) is 8.12. The number of ether oxygens (including phenoxy) is 1. The molecule has 1 atom stereocenters. The van der Waals surface area contributed by atoms with Crippen molar-refractivity contribution in [1.29, 1.82) is 0 Å². The third-order valence-electron chi connectivity index (χ3n) is 4.73. The molecule has 0 aliphatic heterocycles. The lowest BCUT2D eigenvalue weighted by atomic mass is 9.98. The predicted octanol–water partition coefficient (Wildman–Crippen LogP) is 6.09. The van der Waals surface area contributed by atoms with Crippen LogP contribution in [0.4, 0.5) is 0 Å². The van der Waals surface area contributed by atoms with Crippen LogP contribution in [0, 0.1) is 0 Å². The molecule has 2 N–H and O–H groups in total. The average Bonchev–Trinajstić information content (AvgIpc) is 2.68. The van der Waals surface area contributed by atoms with Crippen LogP contribution < -0.4 is 10.5 Å². The Morgan fingerprint density at radius 2 is 1.50 bits per heavy atom. The lowest BCUT2D eigenvalue weighted by molar-refractivity contribution is 0.195. The summed E-state index contributed by atoms with van der Waals surface area (Å²) in [4.78, 5) is 4.78. The summed E-state index contributed by atoms with van der Waals surface area (Å²) in [5.41, 5.74) is 10.2. The SMILES string of the molecule is CC(CCCC(C)(C)N)Oc1cc(-c2ccccc2)cc(-c2ccccc2)n1. The van der Waals surface area contributed by atoms with Crippen LogP contribution >= 0.6 is 0 Å². The first-order valence-corrected chi connectivity index (χ1v) is 9.99. The highest BCUT2D eigenvalue weighted by atomic mass is 16.5. The van der Waals surface area contributed by atoms with Gasteiger partial charge in [-0.1, -0.05) is 60.7 Å². The van der Waals surface area contributed by atoms with Gasteiger partial charge in [0.15, 0.2) is 0 Å². The van der Waals surface area contributed by atoms with Gasteiger partial charge in [-0.2, -0.15) is 0 Å². The van der Waals surface area contributed by atoms with E-state index in [1.165, 1.54) is 0 Å². The monoisotopic (exact) mass is 374 g/mol. The maximum absolute atomic E-state index is 6.20. The van der Waals surface area contributed by atoms with Gasteiger partial charge >= 0.3 is 0 Å². The summed E-state index contributed by atoms with van der Waals surface area (Å²) in [5, 5.41) is 0. The van der Waals surface area contributed by atoms with Gasteiger partial charge in [-0.15, -0.1) is 0 Å². The van der Waals surface area contributed by atoms with Gasteiger partial charge in [0.25, 0.3) is 0 Å². The quantitative estimate of drug-likeness (QED) is 0.519. The molecule has 0 aliphatic rings. The van der Waals surface area contributed by atoms with E-state index < -0.39 is 0 Å². The van der Waals surface area contributed by atoms with Gasteiger partial charge in [-0.25, -0.2) is 4.98 Å². The zero-order valence-corrected chi connectivity index (χ0v) is 17.1. The second-order valence-corrected chi connectivity index (χ2v) is 8.12. The number of benzene rings is 2. The standard InChI is InChI=1S/C25H30N2O/c1-19(11-10-16-25(2,3)26)28-24-18-22(20-12-6-4-7-13-20)17-23(27-24)21-14-8-5-9-15-21/h4-9,12-15,17-19H,10-11,16,26H2,1-3H3. The maximum Gasteiger partial charge on any atom is 0.214 e. The molecule has 3 rings (SSSR count). The first-order valence-electron chi connectivity index (χ1n) is 9.99. The van der Waals surface area contributed by atoms with Crippen LogP contribution in [0.3, 0.4) is 0 Å². The van der Waals surface area contributed by atoms with E-state index in [4.69, 9.17) is 15.5 Å². The van der Waals surface area contributed by atoms with Gasteiger partial charge in [0.2, 0.25) is 5.88 Å². The summed E-state index contributed by atoms with van der Waals surface area (Å²) in [6.45, 7) is 6.23. The van der Waals surface area contributed by atoms with Crippen LogP contribution in [0.15, 0.2) is 72.8 Å². The van der Waals surface area contributed by atoms with E-state index in [1.807, 2.05) is 30.3 Å². The first kappa shape index (κ1) is 20.1. The molecule has 0 radical (unpaired) electrons. The molecule has 146 valence electrons. The number of nitrogens with two attached hydrogens (primary N) is 1. The molecule has 3 nitrogen and oxygen atoms in total. The minimum Gasteiger partial charge on any atom is -0.475 e. The first-order chi connectivity index (χ1) is 13.4. The normalized spacial score (nSPS) is 12.6. The molecule has 1 unspecified atom stereocenters. The average molecular weight is 375 g/mol. The van der Waals surface area contributed by atoms with Crippen molar-refractivity contribution in [1.82, 2.24) is 4.98 Å². The van der Waals surface area contributed by atoms with Crippen LogP contribution in [-0.2, 0) is 0 Å². The van der Waals surface area contributed by atoms with Crippen LogP contribution in [0.25, 0.3) is 22.4 Å². The molecule has 0 saturated heterocycles. The van der Waals surface area contributed by atoms with Crippen LogP contribution in [0.1, 0.15) is 40.0 Å². The number of hydrogen-bond donors (Lipinski definition) is 1. The van der Waals surface area contributed by atoms with Crippen molar-refractivity contribution in [2.24, 2.45) is 5.73 Å². The minimum atomic E-state index is -0.133. The van der Waals surface area contributed by atoms with E-state index in [0.717, 1.165) is 41.6 Å². The Bertz CT molecular complexity index is 812. The van der Waals surface area contributed by atoms with E-state index >= 15 is 0 Å². The van der Waals surface area contributed by atoms with E-state index in [9.17, 15) is 0 Å². The Balaban J connectivity index is 1.83. The number of aromatic nitrogens is 1. The number of hydrogen-bond acceptors (Lipinski definition) is 3. The molecule has 3 aromatic rings. The fraction of sp³-hybridized carbons (Fsp3) is 0.320. The molecule has 28 heavy (non-hydrogen) atoms. The highest BCUT2D eigenvalue weighted by Crippen LogP contribution is 2.29. The summed E-state index contributed by atoms with van der Waals surface area (Å²) in [7, 11) is 0. The van der Waals surface area contributed by atoms with Gasteiger partial charge in [0, 0.05) is 17.2 Å². The molecule has 0 bridgehead atoms. The lowest BCUT2D eigenvalue weighted by Crippen LogP contribution is -2.31. The van der Waals surface area contributed by atoms with Gasteiger partial charge in [-0.05, 0) is 57.2 Å². The summed E-state index contributed by atoms with van der Waals surface area (Å²) in [6.07, 6.45) is 3.06. The fourth-order valence-electron chi connectivity index (χ4n) is 3.23. The Morgan fingerprint density at radius 1 is 0.893 bits per heavy atom. The smallest absolute Gasteiger partial charge is 0.214 e. The fourth-order valence-corrected chi connectivity index (χ4v) is 3.23. The zero-order chi connectivity index (χ0) is 20.0. The van der Waals surface area contributed by atoms with Gasteiger partial charge in [-0.3, -0.25) is 0 Å². The highest BCUT2D eigenvalue weighted by molar-refractivity contribution is 5.71. The summed E-state index contributed by atoms with van der Waals surface area (Å²) in [5.74, 6) is 0.666. The largest absolute Gasteiger partial charge is 0.475 e. The molecule has 0 aliphatic carbocycles. The summed E-state index contributed by atoms with van der Waals surface area (Å²) >= 11 is 0. The molecule has 1 aromatic heterocycles. The summed E-state index contributed by atoms with van der Waals surface area (Å²) < 4.78 is 6.20. The van der Waals surface area contributed by atoms with Crippen LogP contribution in [-0.4, -0.2) is 16.6 Å². The van der Waals surface area contributed by atoms with Crippen molar-refractivity contribution in [2.75, 3.05) is 0 Å². The Morgan fingerprint density at radius 3 is 2.11 bits per heavy atom. The van der Waals surface area contributed by atoms with Crippen molar-refractivity contribution in [2.45, 2.75) is 51.7 Å². The zero-order valence-electron chi connectivity index (χ0n) is 17.1. The Hall–Kier alpha value is -2.65. The third kappa shape index (κ3) is 5.93. The van der Waals surface area contributed by atoms with E-state index in [-0.39, 0.29) is 11.6 Å². The van der Waals surface area contributed by atoms with E-state index in [2.05, 4.69) is 63.2 Å². The topological polar surface area (TPSA) is 48.1 Å². The molecule has 0 amide bonds. The van der Waals surface area contributed by atoms with Crippen LogP contribution in [0.5, 0.6) is 5.88 Å². The molecule has 0 saturated carbocycles. The van der Waals surface area contributed by atoms with Crippen molar-refractivity contribution in [3.8, 4) is 28.3 Å². The van der Waals surface area contributed by atoms with Crippen molar-refractivity contribution in [3.05, 3.63) is 72.8 Å². The van der Waals surface area contributed by atoms with Gasteiger partial charge in [0.05, 0.1) is 11.8 Å². The van der Waals surface area contributed by atoms with Crippen molar-refractivity contribution in [3.63, 3.8) is 0 Å². The van der Waals surface area contributed by atoms with Gasteiger partial charge in [0.1, 0.15) is 0 Å². The lowest BCUT2D eigenvalue weighted by Gasteiger charge is -2.20. The number of rotatable bonds is 8. The molecule has 0 spiro atoms. The second kappa shape index (κ2) is 9.03. The highest BCUT2D eigenvalue weighted by Gasteiger charge is 2.14. The Kier molecular flexibility index (Phi) is 6.48. The predicted molar refractivity (Wildman–Crippen MR) is 117 cm³/mol. The molecular weight excluding hydrogens is 344 g/mol. The molecule has 2 aromatic carbocycles.